The van der Waals surface area contributed by atoms with Gasteiger partial charge in [-0.2, -0.15) is 0 Å². The highest BCUT2D eigenvalue weighted by Gasteiger charge is 2.47. The molecule has 0 amide bonds. The highest BCUT2D eigenvalue weighted by Crippen LogP contribution is 2.37. The summed E-state index contributed by atoms with van der Waals surface area (Å²) in [4.78, 5) is 11.9. The molecule has 0 saturated carbocycles. The van der Waals surface area contributed by atoms with Gasteiger partial charge in [0.25, 0.3) is 0 Å². The van der Waals surface area contributed by atoms with Crippen molar-refractivity contribution in [2.75, 3.05) is 19.8 Å². The van der Waals surface area contributed by atoms with Gasteiger partial charge in [0.1, 0.15) is 24.4 Å². The third-order valence-electron chi connectivity index (χ3n) is 4.42. The third kappa shape index (κ3) is 5.91. The van der Waals surface area contributed by atoms with Gasteiger partial charge >= 0.3 is 5.97 Å². The molecule has 2 saturated heterocycles. The number of rotatable bonds is 8. The Hall–Kier alpha value is -0.690. The molecule has 25 heavy (non-hydrogen) atoms. The van der Waals surface area contributed by atoms with E-state index in [2.05, 4.69) is 13.8 Å². The number of esters is 1. The van der Waals surface area contributed by atoms with Gasteiger partial charge in [-0.15, -0.1) is 0 Å². The van der Waals surface area contributed by atoms with Gasteiger partial charge in [0.05, 0.1) is 12.7 Å². The maximum Gasteiger partial charge on any atom is 0.332 e. The lowest BCUT2D eigenvalue weighted by Crippen LogP contribution is -2.40. The number of hydrogen-bond acceptors (Lipinski definition) is 6. The smallest absolute Gasteiger partial charge is 0.332 e. The van der Waals surface area contributed by atoms with Crippen LogP contribution in [-0.4, -0.2) is 55.5 Å². The zero-order valence-electron chi connectivity index (χ0n) is 16.3. The van der Waals surface area contributed by atoms with Crippen molar-refractivity contribution in [3.63, 3.8) is 0 Å². The fourth-order valence-electron chi connectivity index (χ4n) is 3.55. The van der Waals surface area contributed by atoms with Crippen molar-refractivity contribution < 1.29 is 28.5 Å². The molecule has 0 aliphatic carbocycles. The molecule has 0 aromatic rings. The second-order valence-electron chi connectivity index (χ2n) is 7.94. The minimum atomic E-state index is -0.506. The lowest BCUT2D eigenvalue weighted by molar-refractivity contribution is -0.194. The van der Waals surface area contributed by atoms with E-state index in [0.29, 0.717) is 13.2 Å². The summed E-state index contributed by atoms with van der Waals surface area (Å²) in [5.74, 6) is -0.844. The minimum absolute atomic E-state index is 0.0650. The maximum absolute atomic E-state index is 11.9. The fraction of sp³-hybridized carbons (Fsp3) is 0.947. The monoisotopic (exact) mass is 358 g/mol. The van der Waals surface area contributed by atoms with E-state index < -0.39 is 11.4 Å². The normalized spacial score (nSPS) is 29.1. The Morgan fingerprint density at radius 3 is 2.48 bits per heavy atom. The van der Waals surface area contributed by atoms with Crippen LogP contribution in [0.25, 0.3) is 0 Å². The molecule has 146 valence electrons. The Bertz CT molecular complexity index is 424. The summed E-state index contributed by atoms with van der Waals surface area (Å²) in [5, 5.41) is 0. The van der Waals surface area contributed by atoms with Crippen molar-refractivity contribution in [3.05, 3.63) is 0 Å². The first-order chi connectivity index (χ1) is 11.8. The molecule has 2 heterocycles. The highest BCUT2D eigenvalue weighted by molar-refractivity contribution is 5.71. The van der Waals surface area contributed by atoms with E-state index in [9.17, 15) is 4.79 Å². The Balaban J connectivity index is 1.88. The SMILES string of the molecule is CCCC1(CCC)OCC(C2OCCC2OCC(=O)OC(C)(C)C)O1. The van der Waals surface area contributed by atoms with Crippen molar-refractivity contribution in [2.24, 2.45) is 0 Å². The van der Waals surface area contributed by atoms with Crippen molar-refractivity contribution in [1.82, 2.24) is 0 Å². The van der Waals surface area contributed by atoms with E-state index in [4.69, 9.17) is 23.7 Å². The Labute approximate surface area is 151 Å². The number of carbonyl (C=O) groups excluding carboxylic acids is 1. The molecule has 2 fully saturated rings. The zero-order valence-corrected chi connectivity index (χ0v) is 16.3. The number of carbonyl (C=O) groups is 1. The molecule has 0 aromatic carbocycles. The van der Waals surface area contributed by atoms with Crippen LogP contribution in [0.1, 0.15) is 66.7 Å². The van der Waals surface area contributed by atoms with Gasteiger partial charge < -0.3 is 23.7 Å². The molecule has 0 bridgehead atoms. The average Bonchev–Trinajstić information content (AvgIpc) is 3.11. The van der Waals surface area contributed by atoms with E-state index in [0.717, 1.165) is 32.1 Å². The molecule has 2 aliphatic rings. The maximum atomic E-state index is 11.9. The van der Waals surface area contributed by atoms with E-state index >= 15 is 0 Å². The van der Waals surface area contributed by atoms with E-state index in [1.807, 2.05) is 20.8 Å². The topological polar surface area (TPSA) is 63.2 Å². The molecule has 6 nitrogen and oxygen atoms in total. The van der Waals surface area contributed by atoms with Crippen LogP contribution in [0.15, 0.2) is 0 Å². The molecular formula is C19H34O6. The minimum Gasteiger partial charge on any atom is -0.458 e. The predicted molar refractivity (Wildman–Crippen MR) is 93.3 cm³/mol. The number of hydrogen-bond donors (Lipinski definition) is 0. The van der Waals surface area contributed by atoms with Crippen LogP contribution >= 0.6 is 0 Å². The number of ether oxygens (including phenoxy) is 5. The first kappa shape index (κ1) is 20.6. The molecule has 0 spiro atoms. The lowest BCUT2D eigenvalue weighted by Gasteiger charge is -2.29. The molecular weight excluding hydrogens is 324 g/mol. The highest BCUT2D eigenvalue weighted by atomic mass is 16.8. The summed E-state index contributed by atoms with van der Waals surface area (Å²) >= 11 is 0. The average molecular weight is 358 g/mol. The van der Waals surface area contributed by atoms with Crippen molar-refractivity contribution in [3.8, 4) is 0 Å². The van der Waals surface area contributed by atoms with Gasteiger partial charge in [-0.3, -0.25) is 0 Å². The summed E-state index contributed by atoms with van der Waals surface area (Å²) in [5.41, 5.74) is -0.506. The Kier molecular flexibility index (Phi) is 7.26. The predicted octanol–water partition coefficient (Wildman–Crippen LogP) is 3.21. The van der Waals surface area contributed by atoms with Gasteiger partial charge in [-0.1, -0.05) is 26.7 Å². The van der Waals surface area contributed by atoms with E-state index in [-0.39, 0.29) is 30.9 Å². The quantitative estimate of drug-likeness (QED) is 0.621. The Morgan fingerprint density at radius 2 is 1.88 bits per heavy atom. The second-order valence-corrected chi connectivity index (χ2v) is 7.94. The summed E-state index contributed by atoms with van der Waals surface area (Å²) in [7, 11) is 0. The fourth-order valence-corrected chi connectivity index (χ4v) is 3.55. The van der Waals surface area contributed by atoms with Crippen LogP contribution in [0.2, 0.25) is 0 Å². The second kappa shape index (κ2) is 8.80. The summed E-state index contributed by atoms with van der Waals surface area (Å²) in [6.07, 6.45) is 4.03. The molecule has 0 radical (unpaired) electrons. The molecule has 3 atom stereocenters. The van der Waals surface area contributed by atoms with Crippen LogP contribution in [0.3, 0.4) is 0 Å². The molecule has 0 aromatic heterocycles. The van der Waals surface area contributed by atoms with Crippen LogP contribution in [0, 0.1) is 0 Å². The summed E-state index contributed by atoms with van der Waals surface area (Å²) in [6.45, 7) is 10.9. The van der Waals surface area contributed by atoms with E-state index in [1.165, 1.54) is 0 Å². The summed E-state index contributed by atoms with van der Waals surface area (Å²) in [6, 6.07) is 0. The molecule has 0 N–H and O–H groups in total. The third-order valence-corrected chi connectivity index (χ3v) is 4.42. The van der Waals surface area contributed by atoms with Gasteiger partial charge in [0, 0.05) is 19.4 Å². The Morgan fingerprint density at radius 1 is 1.20 bits per heavy atom. The van der Waals surface area contributed by atoms with E-state index in [1.54, 1.807) is 0 Å². The van der Waals surface area contributed by atoms with Crippen LogP contribution in [0.5, 0.6) is 0 Å². The first-order valence-electron chi connectivity index (χ1n) is 9.55. The van der Waals surface area contributed by atoms with Gasteiger partial charge in [-0.05, 0) is 27.2 Å². The lowest BCUT2D eigenvalue weighted by atomic mass is 10.1. The molecule has 2 rings (SSSR count). The van der Waals surface area contributed by atoms with Crippen molar-refractivity contribution in [1.29, 1.82) is 0 Å². The van der Waals surface area contributed by atoms with Crippen molar-refractivity contribution in [2.45, 2.75) is 96.4 Å². The van der Waals surface area contributed by atoms with Crippen LogP contribution in [-0.2, 0) is 28.5 Å². The molecule has 6 heteroatoms. The van der Waals surface area contributed by atoms with Gasteiger partial charge in [-0.25, -0.2) is 4.79 Å². The van der Waals surface area contributed by atoms with Gasteiger partial charge in [0.15, 0.2) is 5.79 Å². The standard InChI is InChI=1S/C19H34O6/c1-6-9-19(10-7-2)23-12-15(24-19)17-14(8-11-21-17)22-13-16(20)25-18(3,4)5/h14-15,17H,6-13H2,1-5H3. The van der Waals surface area contributed by atoms with Crippen LogP contribution in [0.4, 0.5) is 0 Å². The molecule has 2 aliphatic heterocycles. The largest absolute Gasteiger partial charge is 0.458 e. The summed E-state index contributed by atoms with van der Waals surface area (Å²) < 4.78 is 29.3. The molecule has 3 unspecified atom stereocenters. The van der Waals surface area contributed by atoms with Crippen molar-refractivity contribution >= 4 is 5.97 Å². The first-order valence-corrected chi connectivity index (χ1v) is 9.55. The zero-order chi connectivity index (χ0) is 18.5. The van der Waals surface area contributed by atoms with Gasteiger partial charge in [0.2, 0.25) is 0 Å². The van der Waals surface area contributed by atoms with Crippen LogP contribution < -0.4 is 0 Å².